The van der Waals surface area contributed by atoms with Crippen LogP contribution in [0.4, 0.5) is 10.2 Å². The second kappa shape index (κ2) is 10.4. The number of hydrogen-bond donors (Lipinski definition) is 0. The molecule has 0 unspecified atom stereocenters. The zero-order valence-electron chi connectivity index (χ0n) is 21.4. The summed E-state index contributed by atoms with van der Waals surface area (Å²) in [7, 11) is 1.80. The molecule has 39 heavy (non-hydrogen) atoms. The zero-order chi connectivity index (χ0) is 27.8. The van der Waals surface area contributed by atoms with Gasteiger partial charge in [0.2, 0.25) is 5.75 Å². The summed E-state index contributed by atoms with van der Waals surface area (Å²) in [4.78, 5) is 19.3. The third-order valence-corrected chi connectivity index (χ3v) is 6.87. The molecule has 5 rings (SSSR count). The van der Waals surface area contributed by atoms with Crippen molar-refractivity contribution in [1.82, 2.24) is 24.3 Å². The van der Waals surface area contributed by atoms with Gasteiger partial charge in [0.15, 0.2) is 6.20 Å². The standard InChI is InChI=1S/C28H24BrFN6O3/c1-5-35-15-23(21-7-6-10-31-27(21)35)16(2)24-14-34(4)33-26(24)20-9-8-19(30)12-22(20)17(3)39-25-11-18(29)13-32-28(25)36(37)38/h6-15,17H,2,5H2,1,3-4H3/t17-/m1/s1. The van der Waals surface area contributed by atoms with E-state index in [0.29, 0.717) is 21.3 Å². The minimum absolute atomic E-state index is 0.0392. The Balaban J connectivity index is 1.60. The van der Waals surface area contributed by atoms with Gasteiger partial charge in [-0.05, 0) is 75.6 Å². The van der Waals surface area contributed by atoms with Crippen LogP contribution in [0.1, 0.15) is 36.6 Å². The van der Waals surface area contributed by atoms with Crippen LogP contribution in [-0.4, -0.2) is 29.2 Å². The molecule has 4 heterocycles. The molecule has 9 nitrogen and oxygen atoms in total. The Hall–Kier alpha value is -4.38. The first-order chi connectivity index (χ1) is 18.7. The van der Waals surface area contributed by atoms with E-state index in [1.807, 2.05) is 31.5 Å². The van der Waals surface area contributed by atoms with Crippen molar-refractivity contribution < 1.29 is 14.1 Å². The van der Waals surface area contributed by atoms with Crippen molar-refractivity contribution >= 4 is 38.4 Å². The lowest BCUT2D eigenvalue weighted by molar-refractivity contribution is -0.390. The molecule has 1 atom stereocenters. The van der Waals surface area contributed by atoms with Gasteiger partial charge in [-0.2, -0.15) is 5.10 Å². The molecule has 0 saturated heterocycles. The monoisotopic (exact) mass is 590 g/mol. The number of rotatable bonds is 8. The summed E-state index contributed by atoms with van der Waals surface area (Å²) in [5, 5.41) is 17.2. The van der Waals surface area contributed by atoms with E-state index in [1.165, 1.54) is 24.4 Å². The lowest BCUT2D eigenvalue weighted by atomic mass is 9.93. The highest BCUT2D eigenvalue weighted by Crippen LogP contribution is 2.39. The van der Waals surface area contributed by atoms with Gasteiger partial charge >= 0.3 is 5.82 Å². The van der Waals surface area contributed by atoms with Gasteiger partial charge < -0.3 is 19.4 Å². The Morgan fingerprint density at radius 2 is 2.03 bits per heavy atom. The molecular formula is C28H24BrFN6O3. The van der Waals surface area contributed by atoms with Crippen molar-refractivity contribution in [3.8, 4) is 17.0 Å². The molecular weight excluding hydrogens is 567 g/mol. The number of nitrogens with zero attached hydrogens (tertiary/aromatic N) is 6. The molecule has 0 amide bonds. The van der Waals surface area contributed by atoms with E-state index in [-0.39, 0.29) is 5.75 Å². The molecule has 0 aliphatic heterocycles. The fourth-order valence-electron chi connectivity index (χ4n) is 4.63. The van der Waals surface area contributed by atoms with Crippen molar-refractivity contribution in [3.63, 3.8) is 0 Å². The largest absolute Gasteiger partial charge is 0.478 e. The highest BCUT2D eigenvalue weighted by molar-refractivity contribution is 9.10. The molecule has 5 aromatic rings. The lowest BCUT2D eigenvalue weighted by Crippen LogP contribution is -2.08. The molecule has 0 aliphatic rings. The van der Waals surface area contributed by atoms with Gasteiger partial charge in [-0.1, -0.05) is 6.58 Å². The average Bonchev–Trinajstić information content (AvgIpc) is 3.48. The van der Waals surface area contributed by atoms with Crippen LogP contribution in [-0.2, 0) is 13.6 Å². The number of halogens is 2. The summed E-state index contributed by atoms with van der Waals surface area (Å²) in [6, 6.07) is 9.69. The molecule has 0 fully saturated rings. The molecule has 0 spiro atoms. The highest BCUT2D eigenvalue weighted by Gasteiger charge is 2.25. The first-order valence-electron chi connectivity index (χ1n) is 12.1. The Morgan fingerprint density at radius 1 is 1.23 bits per heavy atom. The topological polar surface area (TPSA) is 101 Å². The normalized spacial score (nSPS) is 12.0. The van der Waals surface area contributed by atoms with Crippen LogP contribution in [0.25, 0.3) is 27.9 Å². The Labute approximate surface area is 231 Å². The van der Waals surface area contributed by atoms with Crippen LogP contribution in [0.3, 0.4) is 0 Å². The lowest BCUT2D eigenvalue weighted by Gasteiger charge is -2.18. The summed E-state index contributed by atoms with van der Waals surface area (Å²) in [6.07, 6.45) is 6.19. The quantitative estimate of drug-likeness (QED) is 0.144. The third-order valence-electron chi connectivity index (χ3n) is 6.44. The first kappa shape index (κ1) is 26.2. The molecule has 198 valence electrons. The van der Waals surface area contributed by atoms with E-state index in [0.717, 1.165) is 34.3 Å². The van der Waals surface area contributed by atoms with Crippen molar-refractivity contribution in [2.75, 3.05) is 0 Å². The summed E-state index contributed by atoms with van der Waals surface area (Å²) in [5.74, 6) is -0.946. The van der Waals surface area contributed by atoms with Gasteiger partial charge in [0.1, 0.15) is 23.3 Å². The number of ether oxygens (including phenoxy) is 1. The summed E-state index contributed by atoms with van der Waals surface area (Å²) in [6.45, 7) is 8.89. The maximum absolute atomic E-state index is 14.5. The second-order valence-corrected chi connectivity index (χ2v) is 9.89. The molecule has 0 radical (unpaired) electrons. The van der Waals surface area contributed by atoms with E-state index in [2.05, 4.69) is 37.0 Å². The summed E-state index contributed by atoms with van der Waals surface area (Å²) >= 11 is 3.28. The highest BCUT2D eigenvalue weighted by atomic mass is 79.9. The van der Waals surface area contributed by atoms with Gasteiger partial charge in [-0.15, -0.1) is 0 Å². The number of nitro groups is 1. The second-order valence-electron chi connectivity index (χ2n) is 8.97. The summed E-state index contributed by atoms with van der Waals surface area (Å²) in [5.41, 5.74) is 4.92. The van der Waals surface area contributed by atoms with Gasteiger partial charge in [0.25, 0.3) is 0 Å². The number of aryl methyl sites for hydroxylation is 2. The van der Waals surface area contributed by atoms with Crippen LogP contribution in [0.5, 0.6) is 5.75 Å². The van der Waals surface area contributed by atoms with Crippen molar-refractivity contribution in [1.29, 1.82) is 0 Å². The fourth-order valence-corrected chi connectivity index (χ4v) is 4.94. The third kappa shape index (κ3) is 4.92. The van der Waals surface area contributed by atoms with E-state index >= 15 is 0 Å². The zero-order valence-corrected chi connectivity index (χ0v) is 23.0. The molecule has 1 aromatic carbocycles. The van der Waals surface area contributed by atoms with Crippen LogP contribution in [0.15, 0.2) is 72.2 Å². The van der Waals surface area contributed by atoms with Crippen molar-refractivity contribution in [2.45, 2.75) is 26.5 Å². The van der Waals surface area contributed by atoms with Gasteiger partial charge in [-0.3, -0.25) is 4.68 Å². The fraction of sp³-hybridized carbons (Fsp3) is 0.179. The van der Waals surface area contributed by atoms with Crippen LogP contribution in [0, 0.1) is 15.9 Å². The van der Waals surface area contributed by atoms with E-state index in [1.54, 1.807) is 30.9 Å². The van der Waals surface area contributed by atoms with E-state index in [9.17, 15) is 14.5 Å². The minimum atomic E-state index is -0.778. The van der Waals surface area contributed by atoms with Gasteiger partial charge in [0, 0.05) is 65.9 Å². The predicted molar refractivity (Wildman–Crippen MR) is 150 cm³/mol. The molecule has 0 saturated carbocycles. The van der Waals surface area contributed by atoms with Crippen molar-refractivity contribution in [3.05, 3.63) is 105 Å². The minimum Gasteiger partial charge on any atom is -0.478 e. The average molecular weight is 591 g/mol. The van der Waals surface area contributed by atoms with Gasteiger partial charge in [0.05, 0.1) is 4.47 Å². The maximum atomic E-state index is 14.5. The Morgan fingerprint density at radius 3 is 2.77 bits per heavy atom. The van der Waals surface area contributed by atoms with Crippen LogP contribution < -0.4 is 4.74 Å². The molecule has 0 bridgehead atoms. The molecule has 11 heteroatoms. The molecule has 4 aromatic heterocycles. The Kier molecular flexibility index (Phi) is 7.00. The smallest absolute Gasteiger partial charge is 0.406 e. The van der Waals surface area contributed by atoms with Crippen LogP contribution in [0.2, 0.25) is 0 Å². The Bertz CT molecular complexity index is 1740. The molecule has 0 N–H and O–H groups in total. The number of aromatic nitrogens is 5. The molecule has 0 aliphatic carbocycles. The number of hydrogen-bond acceptors (Lipinski definition) is 6. The van der Waals surface area contributed by atoms with E-state index < -0.39 is 22.7 Å². The summed E-state index contributed by atoms with van der Waals surface area (Å²) < 4.78 is 24.8. The van der Waals surface area contributed by atoms with E-state index in [4.69, 9.17) is 9.84 Å². The number of benzene rings is 1. The predicted octanol–water partition coefficient (Wildman–Crippen LogP) is 6.86. The maximum Gasteiger partial charge on any atom is 0.406 e. The first-order valence-corrected chi connectivity index (χ1v) is 12.9. The van der Waals surface area contributed by atoms with Crippen LogP contribution >= 0.6 is 15.9 Å². The van der Waals surface area contributed by atoms with Gasteiger partial charge in [-0.25, -0.2) is 9.37 Å². The van der Waals surface area contributed by atoms with Crippen molar-refractivity contribution in [2.24, 2.45) is 7.05 Å². The SMILES string of the molecule is C=C(c1cn(C)nc1-c1ccc(F)cc1[C@@H](C)Oc1cc(Br)cnc1[N+](=O)[O-])c1cn(CC)c2ncccc12. The number of pyridine rings is 2. The number of fused-ring (bicyclic) bond motifs is 1.